The second-order valence-electron chi connectivity index (χ2n) is 7.60. The van der Waals surface area contributed by atoms with Crippen LogP contribution in [0.25, 0.3) is 0 Å². The number of carbonyl (C=O) groups excluding carboxylic acids is 3. The zero-order valence-electron chi connectivity index (χ0n) is 18.2. The summed E-state index contributed by atoms with van der Waals surface area (Å²) in [6.45, 7) is 2.29. The van der Waals surface area contributed by atoms with E-state index in [1.54, 1.807) is 31.2 Å². The Morgan fingerprint density at radius 2 is 1.67 bits per heavy atom. The maximum Gasteiger partial charge on any atom is 0.338 e. The van der Waals surface area contributed by atoms with Crippen LogP contribution in [-0.2, 0) is 30.9 Å². The molecule has 0 spiro atoms. The third kappa shape index (κ3) is 5.96. The Hall–Kier alpha value is -3.24. The number of ether oxygens (including phenoxy) is 2. The molecule has 1 fully saturated rings. The van der Waals surface area contributed by atoms with Gasteiger partial charge in [0.2, 0.25) is 15.9 Å². The molecule has 1 aliphatic heterocycles. The van der Waals surface area contributed by atoms with Gasteiger partial charge in [-0.1, -0.05) is 12.1 Å². The van der Waals surface area contributed by atoms with Crippen LogP contribution in [-0.4, -0.2) is 50.3 Å². The molecular formula is C23H26N2O7S. The van der Waals surface area contributed by atoms with Crippen LogP contribution in [0.15, 0.2) is 53.4 Å². The normalized spacial score (nSPS) is 15.1. The Morgan fingerprint density at radius 3 is 2.27 bits per heavy atom. The minimum atomic E-state index is -3.75. The van der Waals surface area contributed by atoms with Gasteiger partial charge in [-0.05, 0) is 61.7 Å². The van der Waals surface area contributed by atoms with Crippen molar-refractivity contribution in [1.29, 1.82) is 0 Å². The average Bonchev–Trinajstić information content (AvgIpc) is 2.83. The van der Waals surface area contributed by atoms with Crippen LogP contribution < -0.4 is 5.73 Å². The number of piperidine rings is 1. The Balaban J connectivity index is 1.55. The van der Waals surface area contributed by atoms with Crippen molar-refractivity contribution in [3.63, 3.8) is 0 Å². The van der Waals surface area contributed by atoms with Crippen molar-refractivity contribution in [3.05, 3.63) is 65.2 Å². The monoisotopic (exact) mass is 474 g/mol. The smallest absolute Gasteiger partial charge is 0.338 e. The molecular weight excluding hydrogens is 448 g/mol. The first kappa shape index (κ1) is 24.4. The fourth-order valence-corrected chi connectivity index (χ4v) is 5.01. The van der Waals surface area contributed by atoms with E-state index in [1.807, 2.05) is 0 Å². The van der Waals surface area contributed by atoms with Gasteiger partial charge in [-0.15, -0.1) is 0 Å². The second-order valence-corrected chi connectivity index (χ2v) is 9.53. The Kier molecular flexibility index (Phi) is 7.83. The number of nitrogens with zero attached hydrogens (tertiary/aromatic N) is 1. The summed E-state index contributed by atoms with van der Waals surface area (Å²) in [7, 11) is -3.75. The van der Waals surface area contributed by atoms with Crippen LogP contribution in [0.2, 0.25) is 0 Å². The number of sulfonamides is 1. The average molecular weight is 475 g/mol. The predicted molar refractivity (Wildman–Crippen MR) is 119 cm³/mol. The van der Waals surface area contributed by atoms with Gasteiger partial charge in [0, 0.05) is 18.7 Å². The van der Waals surface area contributed by atoms with Crippen molar-refractivity contribution in [2.75, 3.05) is 19.7 Å². The fraction of sp³-hybridized carbons (Fsp3) is 0.348. The van der Waals surface area contributed by atoms with Crippen molar-refractivity contribution < 1.29 is 32.3 Å². The largest absolute Gasteiger partial charge is 0.462 e. The molecule has 0 saturated carbocycles. The van der Waals surface area contributed by atoms with Crippen molar-refractivity contribution in [3.8, 4) is 0 Å². The number of primary amides is 1. The third-order valence-electron chi connectivity index (χ3n) is 5.38. The molecule has 2 N–H and O–H groups in total. The lowest BCUT2D eigenvalue weighted by Crippen LogP contribution is -2.40. The Bertz CT molecular complexity index is 1120. The first-order chi connectivity index (χ1) is 15.7. The number of nitrogens with two attached hydrogens (primary N) is 1. The van der Waals surface area contributed by atoms with E-state index in [2.05, 4.69) is 0 Å². The van der Waals surface area contributed by atoms with Gasteiger partial charge in [0.25, 0.3) is 0 Å². The molecule has 1 saturated heterocycles. The van der Waals surface area contributed by atoms with Crippen molar-refractivity contribution in [1.82, 2.24) is 4.31 Å². The lowest BCUT2D eigenvalue weighted by atomic mass is 9.98. The van der Waals surface area contributed by atoms with Crippen LogP contribution in [0.5, 0.6) is 0 Å². The van der Waals surface area contributed by atoms with Crippen molar-refractivity contribution in [2.45, 2.75) is 31.3 Å². The maximum atomic E-state index is 12.9. The molecule has 1 amide bonds. The van der Waals surface area contributed by atoms with E-state index in [0.29, 0.717) is 24.0 Å². The van der Waals surface area contributed by atoms with Gasteiger partial charge in [-0.3, -0.25) is 9.59 Å². The highest BCUT2D eigenvalue weighted by atomic mass is 32.2. The summed E-state index contributed by atoms with van der Waals surface area (Å²) in [5.74, 6) is -1.90. The summed E-state index contributed by atoms with van der Waals surface area (Å²) < 4.78 is 37.4. The van der Waals surface area contributed by atoms with Crippen LogP contribution in [0.3, 0.4) is 0 Å². The Labute approximate surface area is 192 Å². The number of esters is 2. The number of benzene rings is 2. The summed E-state index contributed by atoms with van der Waals surface area (Å²) in [5, 5.41) is 0. The summed E-state index contributed by atoms with van der Waals surface area (Å²) in [4.78, 5) is 35.5. The molecule has 2 aromatic carbocycles. The van der Waals surface area contributed by atoms with Crippen LogP contribution in [0, 0.1) is 5.92 Å². The lowest BCUT2D eigenvalue weighted by Gasteiger charge is -2.30. The molecule has 2 aromatic rings. The van der Waals surface area contributed by atoms with E-state index < -0.39 is 33.8 Å². The number of hydrogen-bond donors (Lipinski definition) is 1. The standard InChI is InChI=1S/C23H26N2O7S/c1-2-31-22(27)17-6-8-20(9-7-17)33(29,30)25-12-10-18(11-13-25)23(28)32-15-16-4-3-5-19(14-16)21(24)26/h3-9,14,18H,2,10-13,15H2,1H3,(H2,24,26). The number of hydrogen-bond acceptors (Lipinski definition) is 7. The van der Waals surface area contributed by atoms with Crippen LogP contribution in [0.1, 0.15) is 46.0 Å². The van der Waals surface area contributed by atoms with Crippen LogP contribution >= 0.6 is 0 Å². The van der Waals surface area contributed by atoms with Crippen molar-refractivity contribution >= 4 is 27.9 Å². The number of amides is 1. The number of carbonyl (C=O) groups is 3. The van der Waals surface area contributed by atoms with E-state index in [4.69, 9.17) is 15.2 Å². The van der Waals surface area contributed by atoms with Gasteiger partial charge >= 0.3 is 11.9 Å². The SMILES string of the molecule is CCOC(=O)c1ccc(S(=O)(=O)N2CCC(C(=O)OCc3cccc(C(N)=O)c3)CC2)cc1. The molecule has 9 nitrogen and oxygen atoms in total. The Morgan fingerprint density at radius 1 is 1.00 bits per heavy atom. The zero-order chi connectivity index (χ0) is 24.0. The molecule has 0 unspecified atom stereocenters. The van der Waals surface area contributed by atoms with Crippen molar-refractivity contribution in [2.24, 2.45) is 11.7 Å². The third-order valence-corrected chi connectivity index (χ3v) is 7.30. The minimum Gasteiger partial charge on any atom is -0.462 e. The minimum absolute atomic E-state index is 0.00524. The van der Waals surface area contributed by atoms with E-state index in [-0.39, 0.29) is 36.8 Å². The number of rotatable bonds is 8. The molecule has 0 aromatic heterocycles. The van der Waals surface area contributed by atoms with Crippen LogP contribution in [0.4, 0.5) is 0 Å². The summed E-state index contributed by atoms with van der Waals surface area (Å²) in [5.41, 5.74) is 6.51. The first-order valence-electron chi connectivity index (χ1n) is 10.5. The van der Waals surface area contributed by atoms with Gasteiger partial charge in [-0.2, -0.15) is 4.31 Å². The lowest BCUT2D eigenvalue weighted by molar-refractivity contribution is -0.151. The van der Waals surface area contributed by atoms with Gasteiger partial charge in [0.05, 0.1) is 23.0 Å². The fourth-order valence-electron chi connectivity index (χ4n) is 3.55. The molecule has 176 valence electrons. The summed E-state index contributed by atoms with van der Waals surface area (Å²) >= 11 is 0. The molecule has 0 bridgehead atoms. The molecule has 1 heterocycles. The highest BCUT2D eigenvalue weighted by Gasteiger charge is 2.33. The highest BCUT2D eigenvalue weighted by molar-refractivity contribution is 7.89. The molecule has 33 heavy (non-hydrogen) atoms. The van der Waals surface area contributed by atoms with Gasteiger partial charge in [0.15, 0.2) is 0 Å². The van der Waals surface area contributed by atoms with Gasteiger partial charge < -0.3 is 15.2 Å². The van der Waals surface area contributed by atoms with E-state index in [1.165, 1.54) is 28.6 Å². The van der Waals surface area contributed by atoms with E-state index >= 15 is 0 Å². The predicted octanol–water partition coefficient (Wildman–Crippen LogP) is 2.11. The summed E-state index contributed by atoms with van der Waals surface area (Å²) in [6.07, 6.45) is 0.667. The zero-order valence-corrected chi connectivity index (χ0v) is 19.0. The van der Waals surface area contributed by atoms with E-state index in [9.17, 15) is 22.8 Å². The quantitative estimate of drug-likeness (QED) is 0.579. The molecule has 1 aliphatic rings. The first-order valence-corrected chi connectivity index (χ1v) is 12.0. The topological polar surface area (TPSA) is 133 Å². The maximum absolute atomic E-state index is 12.9. The molecule has 0 atom stereocenters. The molecule has 0 aliphatic carbocycles. The highest BCUT2D eigenvalue weighted by Crippen LogP contribution is 2.25. The summed E-state index contributed by atoms with van der Waals surface area (Å²) in [6, 6.07) is 12.1. The molecule has 10 heteroatoms. The van der Waals surface area contributed by atoms with E-state index in [0.717, 1.165) is 0 Å². The van der Waals surface area contributed by atoms with Gasteiger partial charge in [0.1, 0.15) is 6.61 Å². The molecule has 0 radical (unpaired) electrons. The molecule has 3 rings (SSSR count). The van der Waals surface area contributed by atoms with Gasteiger partial charge in [-0.25, -0.2) is 13.2 Å². The second kappa shape index (κ2) is 10.6.